The van der Waals surface area contributed by atoms with Crippen LogP contribution in [0.1, 0.15) is 30.2 Å². The number of rotatable bonds is 4. The molecule has 0 bridgehead atoms. The second-order valence-corrected chi connectivity index (χ2v) is 6.13. The lowest BCUT2D eigenvalue weighted by Crippen LogP contribution is -2.35. The highest BCUT2D eigenvalue weighted by Gasteiger charge is 2.25. The molecule has 4 rings (SSSR count). The summed E-state index contributed by atoms with van der Waals surface area (Å²) in [5, 5.41) is 8.64. The topological polar surface area (TPSA) is 67.2 Å². The molecule has 0 aromatic carbocycles. The zero-order valence-electron chi connectivity index (χ0n) is 13.1. The fraction of sp³-hybridized carbons (Fsp3) is 0.500. The van der Waals surface area contributed by atoms with Crippen LogP contribution in [0.3, 0.4) is 0 Å². The van der Waals surface area contributed by atoms with Gasteiger partial charge in [-0.2, -0.15) is 0 Å². The second-order valence-electron chi connectivity index (χ2n) is 6.13. The van der Waals surface area contributed by atoms with E-state index in [9.17, 15) is 4.79 Å². The molecule has 2 aliphatic rings. The van der Waals surface area contributed by atoms with Gasteiger partial charge in [0, 0.05) is 38.8 Å². The first-order valence-electron chi connectivity index (χ1n) is 8.10. The third-order valence-corrected chi connectivity index (χ3v) is 4.52. The van der Waals surface area contributed by atoms with E-state index in [4.69, 9.17) is 0 Å². The highest BCUT2D eigenvalue weighted by Crippen LogP contribution is 2.18. The summed E-state index contributed by atoms with van der Waals surface area (Å²) in [7, 11) is 0. The summed E-state index contributed by atoms with van der Waals surface area (Å²) in [6.07, 6.45) is 3.45. The fourth-order valence-corrected chi connectivity index (χ4v) is 3.28. The van der Waals surface area contributed by atoms with Crippen molar-refractivity contribution < 1.29 is 4.79 Å². The Morgan fingerprint density at radius 3 is 2.83 bits per heavy atom. The van der Waals surface area contributed by atoms with E-state index in [1.807, 2.05) is 29.3 Å². The summed E-state index contributed by atoms with van der Waals surface area (Å²) in [5.74, 6) is 2.12. The van der Waals surface area contributed by atoms with Crippen LogP contribution in [0.5, 0.6) is 0 Å². The molecule has 0 saturated carbocycles. The molecular weight excluding hydrogens is 292 g/mol. The summed E-state index contributed by atoms with van der Waals surface area (Å²) in [5.41, 5.74) is 1.07. The molecule has 1 amide bonds. The van der Waals surface area contributed by atoms with Crippen molar-refractivity contribution in [3.8, 4) is 0 Å². The summed E-state index contributed by atoms with van der Waals surface area (Å²) in [6, 6.07) is 5.99. The highest BCUT2D eigenvalue weighted by molar-refractivity contribution is 5.77. The maximum Gasteiger partial charge on any atom is 0.223 e. The summed E-state index contributed by atoms with van der Waals surface area (Å²) >= 11 is 0. The van der Waals surface area contributed by atoms with Crippen molar-refractivity contribution in [2.45, 2.75) is 39.0 Å². The SMILES string of the molecule is O=C1CCCN1Cc1nnc2n1CCN(Cc1ccccn1)C2. The number of carbonyl (C=O) groups is 1. The Balaban J connectivity index is 1.43. The molecule has 2 aromatic heterocycles. The third-order valence-electron chi connectivity index (χ3n) is 4.52. The average Bonchev–Trinajstić information content (AvgIpc) is 3.16. The van der Waals surface area contributed by atoms with E-state index in [2.05, 4.69) is 24.6 Å². The van der Waals surface area contributed by atoms with Gasteiger partial charge in [0.2, 0.25) is 5.91 Å². The molecular formula is C16H20N6O. The Morgan fingerprint density at radius 2 is 2.04 bits per heavy atom. The molecule has 2 aliphatic heterocycles. The second kappa shape index (κ2) is 6.08. The zero-order chi connectivity index (χ0) is 15.6. The van der Waals surface area contributed by atoms with Crippen LogP contribution in [-0.4, -0.2) is 48.5 Å². The summed E-state index contributed by atoms with van der Waals surface area (Å²) in [6.45, 7) is 4.85. The predicted molar refractivity (Wildman–Crippen MR) is 83.0 cm³/mol. The van der Waals surface area contributed by atoms with Gasteiger partial charge < -0.3 is 9.47 Å². The Bertz CT molecular complexity index is 698. The predicted octanol–water partition coefficient (Wildman–Crippen LogP) is 0.811. The van der Waals surface area contributed by atoms with E-state index in [1.54, 1.807) is 0 Å². The highest BCUT2D eigenvalue weighted by atomic mass is 16.2. The molecule has 4 heterocycles. The van der Waals surface area contributed by atoms with Crippen LogP contribution < -0.4 is 0 Å². The van der Waals surface area contributed by atoms with Crippen molar-refractivity contribution in [1.82, 2.24) is 29.5 Å². The third kappa shape index (κ3) is 2.96. The van der Waals surface area contributed by atoms with Crippen molar-refractivity contribution in [2.75, 3.05) is 13.1 Å². The van der Waals surface area contributed by atoms with Crippen molar-refractivity contribution in [1.29, 1.82) is 0 Å². The summed E-state index contributed by atoms with van der Waals surface area (Å²) < 4.78 is 2.17. The number of hydrogen-bond acceptors (Lipinski definition) is 5. The number of carbonyl (C=O) groups excluding carboxylic acids is 1. The molecule has 120 valence electrons. The normalized spacial score (nSPS) is 18.4. The lowest BCUT2D eigenvalue weighted by Gasteiger charge is -2.27. The van der Waals surface area contributed by atoms with Gasteiger partial charge in [0.1, 0.15) is 5.82 Å². The Hall–Kier alpha value is -2.28. The van der Waals surface area contributed by atoms with Crippen LogP contribution in [0.25, 0.3) is 0 Å². The van der Waals surface area contributed by atoms with Gasteiger partial charge in [0.25, 0.3) is 0 Å². The number of aromatic nitrogens is 4. The minimum atomic E-state index is 0.231. The van der Waals surface area contributed by atoms with Gasteiger partial charge in [0.15, 0.2) is 5.82 Å². The number of hydrogen-bond donors (Lipinski definition) is 0. The van der Waals surface area contributed by atoms with Gasteiger partial charge >= 0.3 is 0 Å². The van der Waals surface area contributed by atoms with Crippen LogP contribution in [-0.2, 0) is 31.0 Å². The molecule has 0 spiro atoms. The first kappa shape index (κ1) is 14.3. The van der Waals surface area contributed by atoms with Crippen LogP contribution in [0.2, 0.25) is 0 Å². The quantitative estimate of drug-likeness (QED) is 0.836. The van der Waals surface area contributed by atoms with Gasteiger partial charge in [-0.1, -0.05) is 6.07 Å². The van der Waals surface area contributed by atoms with E-state index < -0.39 is 0 Å². The number of pyridine rings is 1. The number of fused-ring (bicyclic) bond motifs is 1. The first-order chi connectivity index (χ1) is 11.3. The number of amides is 1. The van der Waals surface area contributed by atoms with Crippen molar-refractivity contribution in [2.24, 2.45) is 0 Å². The molecule has 7 heteroatoms. The van der Waals surface area contributed by atoms with Crippen LogP contribution in [0.4, 0.5) is 0 Å². The Labute approximate surface area is 134 Å². The number of nitrogens with zero attached hydrogens (tertiary/aromatic N) is 6. The van der Waals surface area contributed by atoms with Gasteiger partial charge in [-0.15, -0.1) is 10.2 Å². The maximum absolute atomic E-state index is 11.8. The Morgan fingerprint density at radius 1 is 1.09 bits per heavy atom. The molecule has 0 aliphatic carbocycles. The Kier molecular flexibility index (Phi) is 3.78. The molecule has 1 saturated heterocycles. The maximum atomic E-state index is 11.8. The van der Waals surface area contributed by atoms with E-state index in [0.717, 1.165) is 56.5 Å². The molecule has 7 nitrogen and oxygen atoms in total. The van der Waals surface area contributed by atoms with Crippen molar-refractivity contribution in [3.05, 3.63) is 41.7 Å². The minimum absolute atomic E-state index is 0.231. The van der Waals surface area contributed by atoms with Gasteiger partial charge in [0.05, 0.1) is 18.8 Å². The molecule has 1 fully saturated rings. The molecule has 0 atom stereocenters. The lowest BCUT2D eigenvalue weighted by molar-refractivity contribution is -0.128. The number of likely N-dealkylation sites (tertiary alicyclic amines) is 1. The largest absolute Gasteiger partial charge is 0.335 e. The van der Waals surface area contributed by atoms with E-state index in [1.165, 1.54) is 0 Å². The average molecular weight is 312 g/mol. The first-order valence-corrected chi connectivity index (χ1v) is 8.10. The fourth-order valence-electron chi connectivity index (χ4n) is 3.28. The molecule has 2 aromatic rings. The van der Waals surface area contributed by atoms with Gasteiger partial charge in [-0.3, -0.25) is 14.7 Å². The van der Waals surface area contributed by atoms with Crippen LogP contribution in [0.15, 0.2) is 24.4 Å². The van der Waals surface area contributed by atoms with Gasteiger partial charge in [-0.05, 0) is 18.6 Å². The monoisotopic (exact) mass is 312 g/mol. The lowest BCUT2D eigenvalue weighted by atomic mass is 10.3. The van der Waals surface area contributed by atoms with E-state index in [-0.39, 0.29) is 5.91 Å². The standard InChI is InChI=1S/C16H20N6O/c23-16-5-3-7-21(16)12-15-19-18-14-11-20(8-9-22(14)15)10-13-4-1-2-6-17-13/h1-2,4,6H,3,5,7-12H2. The van der Waals surface area contributed by atoms with Crippen molar-refractivity contribution in [3.63, 3.8) is 0 Å². The smallest absolute Gasteiger partial charge is 0.223 e. The van der Waals surface area contributed by atoms with Gasteiger partial charge in [-0.25, -0.2) is 0 Å². The van der Waals surface area contributed by atoms with E-state index >= 15 is 0 Å². The van der Waals surface area contributed by atoms with Crippen molar-refractivity contribution >= 4 is 5.91 Å². The van der Waals surface area contributed by atoms with Crippen LogP contribution >= 0.6 is 0 Å². The zero-order valence-corrected chi connectivity index (χ0v) is 13.1. The molecule has 0 N–H and O–H groups in total. The van der Waals surface area contributed by atoms with E-state index in [0.29, 0.717) is 13.0 Å². The molecule has 0 radical (unpaired) electrons. The minimum Gasteiger partial charge on any atom is -0.335 e. The molecule has 0 unspecified atom stereocenters. The molecule has 23 heavy (non-hydrogen) atoms. The van der Waals surface area contributed by atoms with Crippen LogP contribution in [0, 0.1) is 0 Å². The summed E-state index contributed by atoms with van der Waals surface area (Å²) in [4.78, 5) is 20.4.